The average Bonchev–Trinajstić information content (AvgIpc) is 3.29. The van der Waals surface area contributed by atoms with E-state index in [4.69, 9.17) is 5.84 Å². The van der Waals surface area contributed by atoms with Gasteiger partial charge in [-0.3, -0.25) is 4.79 Å². The highest BCUT2D eigenvalue weighted by atomic mass is 32.2. The molecule has 2 aromatic heterocycles. The molecule has 4 rings (SSSR count). The van der Waals surface area contributed by atoms with Crippen LogP contribution in [0, 0.1) is 19.8 Å². The highest BCUT2D eigenvalue weighted by molar-refractivity contribution is 8.00. The molecule has 1 amide bonds. The van der Waals surface area contributed by atoms with Crippen molar-refractivity contribution in [2.24, 2.45) is 5.92 Å². The molecule has 9 heteroatoms. The number of benzene rings is 1. The highest BCUT2D eigenvalue weighted by Crippen LogP contribution is 2.27. The molecule has 164 valence electrons. The second kappa shape index (κ2) is 9.13. The van der Waals surface area contributed by atoms with Gasteiger partial charge in [0.15, 0.2) is 0 Å². The molecule has 0 spiro atoms. The van der Waals surface area contributed by atoms with Crippen molar-refractivity contribution in [2.45, 2.75) is 50.4 Å². The van der Waals surface area contributed by atoms with E-state index in [2.05, 4.69) is 39.6 Å². The summed E-state index contributed by atoms with van der Waals surface area (Å²) in [4.78, 5) is 15.0. The molecule has 2 N–H and O–H groups in total. The molecular weight excluding hydrogens is 410 g/mol. The number of amides is 1. The molecule has 1 aromatic carbocycles. The van der Waals surface area contributed by atoms with Crippen molar-refractivity contribution in [3.8, 4) is 5.95 Å². The molecule has 0 saturated carbocycles. The number of rotatable bonds is 6. The van der Waals surface area contributed by atoms with Crippen molar-refractivity contribution in [2.75, 3.05) is 18.9 Å². The lowest BCUT2D eigenvalue weighted by atomic mass is 9.90. The zero-order valence-corrected chi connectivity index (χ0v) is 19.0. The SMILES string of the molecule is Cc1cc(C)n(-c2nnc(SC(C)C(=O)N3CCC(Cc4ccccc4)CC3)n2N)n1. The fourth-order valence-corrected chi connectivity index (χ4v) is 4.95. The number of carbonyl (C=O) groups is 1. The molecular formula is C22H29N7OS. The maximum absolute atomic E-state index is 13.0. The third-order valence-electron chi connectivity index (χ3n) is 5.77. The minimum Gasteiger partial charge on any atom is -0.342 e. The van der Waals surface area contributed by atoms with Crippen molar-refractivity contribution in [1.82, 2.24) is 29.6 Å². The number of carbonyl (C=O) groups excluding carboxylic acids is 1. The van der Waals surface area contributed by atoms with Gasteiger partial charge in [-0.15, -0.1) is 10.2 Å². The second-order valence-electron chi connectivity index (χ2n) is 8.21. The summed E-state index contributed by atoms with van der Waals surface area (Å²) in [5.74, 6) is 7.41. The normalized spacial score (nSPS) is 15.9. The first-order chi connectivity index (χ1) is 14.9. The third-order valence-corrected chi connectivity index (χ3v) is 6.81. The van der Waals surface area contributed by atoms with Gasteiger partial charge in [-0.25, -0.2) is 9.36 Å². The first-order valence-electron chi connectivity index (χ1n) is 10.7. The lowest BCUT2D eigenvalue weighted by molar-refractivity contribution is -0.131. The Hall–Kier alpha value is -2.81. The fraction of sp³-hybridized carbons (Fsp3) is 0.455. The van der Waals surface area contributed by atoms with Crippen molar-refractivity contribution < 1.29 is 4.79 Å². The topological polar surface area (TPSA) is 94.9 Å². The van der Waals surface area contributed by atoms with E-state index in [1.54, 1.807) is 4.68 Å². The number of piperidine rings is 1. The zero-order valence-electron chi connectivity index (χ0n) is 18.2. The lowest BCUT2D eigenvalue weighted by Crippen LogP contribution is -2.42. The van der Waals surface area contributed by atoms with E-state index >= 15 is 0 Å². The van der Waals surface area contributed by atoms with Gasteiger partial charge >= 0.3 is 0 Å². The van der Waals surface area contributed by atoms with Crippen LogP contribution in [0.1, 0.15) is 36.7 Å². The van der Waals surface area contributed by atoms with Crippen LogP contribution in [0.25, 0.3) is 5.95 Å². The molecule has 1 unspecified atom stereocenters. The van der Waals surface area contributed by atoms with Crippen LogP contribution < -0.4 is 5.84 Å². The van der Waals surface area contributed by atoms with E-state index in [-0.39, 0.29) is 11.2 Å². The number of aromatic nitrogens is 5. The Bertz CT molecular complexity index is 1040. The van der Waals surface area contributed by atoms with Crippen LogP contribution >= 0.6 is 11.8 Å². The predicted molar refractivity (Wildman–Crippen MR) is 122 cm³/mol. The largest absolute Gasteiger partial charge is 0.342 e. The summed E-state index contributed by atoms with van der Waals surface area (Å²) in [5, 5.41) is 13.0. The Kier molecular flexibility index (Phi) is 6.31. The molecule has 0 bridgehead atoms. The summed E-state index contributed by atoms with van der Waals surface area (Å²) in [6, 6.07) is 12.5. The van der Waals surface area contributed by atoms with Crippen molar-refractivity contribution in [1.29, 1.82) is 0 Å². The standard InChI is InChI=1S/C22H29N7OS/c1-15-13-16(2)29(26-15)21-24-25-22(28(21)23)31-17(3)20(30)27-11-9-19(10-12-27)14-18-7-5-4-6-8-18/h4-8,13,17,19H,9-12,14,23H2,1-3H3. The van der Waals surface area contributed by atoms with Gasteiger partial charge in [0.1, 0.15) is 0 Å². The predicted octanol–water partition coefficient (Wildman–Crippen LogP) is 2.76. The van der Waals surface area contributed by atoms with Crippen LogP contribution in [0.4, 0.5) is 0 Å². The Balaban J connectivity index is 1.34. The Morgan fingerprint density at radius 3 is 2.55 bits per heavy atom. The van der Waals surface area contributed by atoms with E-state index in [0.29, 0.717) is 17.0 Å². The second-order valence-corrected chi connectivity index (χ2v) is 9.52. The number of thioether (sulfide) groups is 1. The van der Waals surface area contributed by atoms with E-state index in [1.807, 2.05) is 37.8 Å². The van der Waals surface area contributed by atoms with Gasteiger partial charge in [-0.1, -0.05) is 42.1 Å². The van der Waals surface area contributed by atoms with Crippen molar-refractivity contribution in [3.63, 3.8) is 0 Å². The van der Waals surface area contributed by atoms with E-state index in [0.717, 1.165) is 43.7 Å². The Labute approximate surface area is 186 Å². The van der Waals surface area contributed by atoms with Gasteiger partial charge < -0.3 is 10.7 Å². The number of hydrogen-bond donors (Lipinski definition) is 1. The van der Waals surface area contributed by atoms with Crippen LogP contribution in [-0.4, -0.2) is 53.8 Å². The number of nitrogens with zero attached hydrogens (tertiary/aromatic N) is 6. The molecule has 1 aliphatic rings. The molecule has 31 heavy (non-hydrogen) atoms. The summed E-state index contributed by atoms with van der Waals surface area (Å²) >= 11 is 1.34. The monoisotopic (exact) mass is 439 g/mol. The van der Waals surface area contributed by atoms with Crippen LogP contribution in [0.15, 0.2) is 41.6 Å². The molecule has 0 aliphatic carbocycles. The van der Waals surface area contributed by atoms with E-state index in [9.17, 15) is 4.79 Å². The van der Waals surface area contributed by atoms with Gasteiger partial charge in [0.05, 0.1) is 10.9 Å². The summed E-state index contributed by atoms with van der Waals surface area (Å²) in [7, 11) is 0. The smallest absolute Gasteiger partial charge is 0.271 e. The van der Waals surface area contributed by atoms with Crippen LogP contribution in [0.2, 0.25) is 0 Å². The molecule has 1 aliphatic heterocycles. The molecule has 3 aromatic rings. The number of hydrogen-bond acceptors (Lipinski definition) is 6. The van der Waals surface area contributed by atoms with Crippen molar-refractivity contribution in [3.05, 3.63) is 53.3 Å². The maximum atomic E-state index is 13.0. The van der Waals surface area contributed by atoms with Gasteiger partial charge in [0.2, 0.25) is 11.1 Å². The number of likely N-dealkylation sites (tertiary alicyclic amines) is 1. The highest BCUT2D eigenvalue weighted by Gasteiger charge is 2.28. The van der Waals surface area contributed by atoms with Crippen LogP contribution in [-0.2, 0) is 11.2 Å². The average molecular weight is 440 g/mol. The van der Waals surface area contributed by atoms with Gasteiger partial charge in [-0.2, -0.15) is 5.10 Å². The van der Waals surface area contributed by atoms with Gasteiger partial charge in [-0.05, 0) is 57.6 Å². The van der Waals surface area contributed by atoms with E-state index < -0.39 is 0 Å². The summed E-state index contributed by atoms with van der Waals surface area (Å²) in [5.41, 5.74) is 3.18. The Morgan fingerprint density at radius 1 is 1.19 bits per heavy atom. The fourth-order valence-electron chi connectivity index (χ4n) is 4.10. The van der Waals surface area contributed by atoms with Gasteiger partial charge in [0, 0.05) is 18.8 Å². The molecule has 1 saturated heterocycles. The zero-order chi connectivity index (χ0) is 22.0. The minimum absolute atomic E-state index is 0.124. The number of nitrogens with two attached hydrogens (primary N) is 1. The molecule has 1 atom stereocenters. The minimum atomic E-state index is -0.287. The first kappa shape index (κ1) is 21.4. The third kappa shape index (κ3) is 4.76. The van der Waals surface area contributed by atoms with Crippen LogP contribution in [0.3, 0.4) is 0 Å². The maximum Gasteiger partial charge on any atom is 0.271 e. The molecule has 3 heterocycles. The van der Waals surface area contributed by atoms with Gasteiger partial charge in [0.25, 0.3) is 5.95 Å². The quantitative estimate of drug-likeness (QED) is 0.469. The Morgan fingerprint density at radius 2 is 1.90 bits per heavy atom. The number of nitrogen functional groups attached to an aromatic ring is 1. The molecule has 1 fully saturated rings. The van der Waals surface area contributed by atoms with Crippen molar-refractivity contribution >= 4 is 17.7 Å². The number of aryl methyl sites for hydroxylation is 2. The van der Waals surface area contributed by atoms with Crippen LogP contribution in [0.5, 0.6) is 0 Å². The first-order valence-corrected chi connectivity index (χ1v) is 11.5. The summed E-state index contributed by atoms with van der Waals surface area (Å²) in [6.45, 7) is 7.36. The summed E-state index contributed by atoms with van der Waals surface area (Å²) < 4.78 is 3.07. The van der Waals surface area contributed by atoms with E-state index in [1.165, 1.54) is 22.0 Å². The molecule has 8 nitrogen and oxygen atoms in total. The molecule has 0 radical (unpaired) electrons. The summed E-state index contributed by atoms with van der Waals surface area (Å²) in [6.07, 6.45) is 3.15. The lowest BCUT2D eigenvalue weighted by Gasteiger charge is -2.33.